The molecule has 3 rings (SSSR count). The average molecular weight is 259 g/mol. The fourth-order valence-corrected chi connectivity index (χ4v) is 2.41. The molecular weight excluding hydrogens is 242 g/mol. The van der Waals surface area contributed by atoms with Gasteiger partial charge in [-0.25, -0.2) is 0 Å². The van der Waals surface area contributed by atoms with Crippen molar-refractivity contribution in [3.63, 3.8) is 0 Å². The second-order valence-electron chi connectivity index (χ2n) is 4.89. The Kier molecular flexibility index (Phi) is 3.69. The quantitative estimate of drug-likeness (QED) is 0.450. The summed E-state index contributed by atoms with van der Waals surface area (Å²) < 4.78 is 5.61. The molecule has 2 aliphatic heterocycles. The van der Waals surface area contributed by atoms with Gasteiger partial charge in [0.25, 0.3) is 0 Å². The summed E-state index contributed by atoms with van der Waals surface area (Å²) in [7, 11) is 0. The molecule has 2 saturated heterocycles. The normalized spacial score (nSPS) is 29.7. The number of fused-ring (bicyclic) bond motifs is 2. The number of carbonyl (C=O) groups is 2. The Labute approximate surface area is 112 Å². The molecule has 4 heteroatoms. The number of allylic oxidation sites excluding steroid dienone is 5. The van der Waals surface area contributed by atoms with Gasteiger partial charge < -0.3 is 4.74 Å². The number of piperidine rings is 2. The molecule has 3 aliphatic rings. The smallest absolute Gasteiger partial charge is 0.236 e. The molecule has 2 amide bonds. The lowest BCUT2D eigenvalue weighted by Gasteiger charge is -2.48. The maximum Gasteiger partial charge on any atom is 0.236 e. The third-order valence-corrected chi connectivity index (χ3v) is 3.59. The molecule has 2 bridgehead atoms. The molecular formula is C15H17NO3. The van der Waals surface area contributed by atoms with E-state index in [4.69, 9.17) is 4.74 Å². The second kappa shape index (κ2) is 5.26. The highest BCUT2D eigenvalue weighted by molar-refractivity contribution is 6.04. The van der Waals surface area contributed by atoms with Crippen LogP contribution in [-0.4, -0.2) is 18.4 Å². The highest BCUT2D eigenvalue weighted by Crippen LogP contribution is 2.49. The highest BCUT2D eigenvalue weighted by atomic mass is 16.5. The Morgan fingerprint density at radius 3 is 2.68 bits per heavy atom. The standard InChI is InChI=1S/C15H17NO3/c1-3-5-6-7-12(4-2)19-10-15-8-11(9-15)13(17)16-14(15)18/h3-7,11H,1-2,8-10H2,(H,16,17,18)/b6-5-,12-7+. The minimum atomic E-state index is -0.539. The molecule has 1 aliphatic carbocycles. The van der Waals surface area contributed by atoms with Crippen LogP contribution in [0.3, 0.4) is 0 Å². The van der Waals surface area contributed by atoms with Crippen LogP contribution < -0.4 is 5.32 Å². The average Bonchev–Trinajstić information content (AvgIpc) is 2.33. The van der Waals surface area contributed by atoms with Crippen molar-refractivity contribution in [1.82, 2.24) is 5.32 Å². The molecule has 0 unspecified atom stereocenters. The SMILES string of the molecule is C=C/C=C\C=C(/C=C)OCC12CC(C1)C(=O)NC2=O. The minimum Gasteiger partial charge on any atom is -0.492 e. The van der Waals surface area contributed by atoms with Crippen molar-refractivity contribution in [3.8, 4) is 0 Å². The van der Waals surface area contributed by atoms with E-state index in [0.29, 0.717) is 18.6 Å². The lowest BCUT2D eigenvalue weighted by Crippen LogP contribution is -2.63. The molecule has 0 aromatic carbocycles. The first-order valence-electron chi connectivity index (χ1n) is 6.21. The maximum atomic E-state index is 11.8. The number of amides is 2. The summed E-state index contributed by atoms with van der Waals surface area (Å²) in [5.74, 6) is 0.198. The van der Waals surface area contributed by atoms with Gasteiger partial charge in [-0.3, -0.25) is 14.9 Å². The summed E-state index contributed by atoms with van der Waals surface area (Å²) in [4.78, 5) is 23.2. The Morgan fingerprint density at radius 2 is 2.11 bits per heavy atom. The predicted octanol–water partition coefficient (Wildman–Crippen LogP) is 1.87. The Balaban J connectivity index is 1.95. The highest BCUT2D eigenvalue weighted by Gasteiger charge is 2.58. The van der Waals surface area contributed by atoms with Gasteiger partial charge in [-0.1, -0.05) is 31.4 Å². The van der Waals surface area contributed by atoms with Crippen LogP contribution in [0, 0.1) is 11.3 Å². The number of imide groups is 1. The van der Waals surface area contributed by atoms with Gasteiger partial charge in [-0.15, -0.1) is 0 Å². The number of hydrogen-bond donors (Lipinski definition) is 1. The summed E-state index contributed by atoms with van der Waals surface area (Å²) in [6, 6.07) is 0. The Hall–Kier alpha value is -2.10. The zero-order chi connectivity index (χ0) is 13.9. The van der Waals surface area contributed by atoms with E-state index in [1.165, 1.54) is 0 Å². The number of hydrogen-bond acceptors (Lipinski definition) is 3. The summed E-state index contributed by atoms with van der Waals surface area (Å²) >= 11 is 0. The van der Waals surface area contributed by atoms with Gasteiger partial charge in [0.15, 0.2) is 0 Å². The summed E-state index contributed by atoms with van der Waals surface area (Å²) in [5, 5.41) is 2.38. The van der Waals surface area contributed by atoms with E-state index in [-0.39, 0.29) is 24.3 Å². The van der Waals surface area contributed by atoms with Gasteiger partial charge in [-0.05, 0) is 25.0 Å². The van der Waals surface area contributed by atoms with E-state index in [9.17, 15) is 9.59 Å². The maximum absolute atomic E-state index is 11.8. The van der Waals surface area contributed by atoms with Gasteiger partial charge in [0.2, 0.25) is 11.8 Å². The van der Waals surface area contributed by atoms with E-state index in [0.717, 1.165) is 0 Å². The largest absolute Gasteiger partial charge is 0.492 e. The second-order valence-corrected chi connectivity index (χ2v) is 4.89. The van der Waals surface area contributed by atoms with Crippen LogP contribution >= 0.6 is 0 Å². The number of nitrogens with one attached hydrogen (secondary N) is 1. The van der Waals surface area contributed by atoms with Crippen LogP contribution in [0.2, 0.25) is 0 Å². The molecule has 0 aromatic heterocycles. The summed E-state index contributed by atoms with van der Waals surface area (Å²) in [6.07, 6.45) is 9.74. The van der Waals surface area contributed by atoms with Gasteiger partial charge in [0.1, 0.15) is 12.4 Å². The molecule has 0 atom stereocenters. The van der Waals surface area contributed by atoms with Crippen molar-refractivity contribution in [2.24, 2.45) is 11.3 Å². The zero-order valence-electron chi connectivity index (χ0n) is 10.7. The van der Waals surface area contributed by atoms with Crippen LogP contribution in [-0.2, 0) is 14.3 Å². The van der Waals surface area contributed by atoms with Crippen LogP contribution in [0.5, 0.6) is 0 Å². The van der Waals surface area contributed by atoms with Crippen LogP contribution in [0.1, 0.15) is 12.8 Å². The summed E-state index contributed by atoms with van der Waals surface area (Å²) in [6.45, 7) is 7.51. The molecule has 19 heavy (non-hydrogen) atoms. The van der Waals surface area contributed by atoms with Crippen LogP contribution in [0.4, 0.5) is 0 Å². The fourth-order valence-electron chi connectivity index (χ4n) is 2.41. The van der Waals surface area contributed by atoms with Crippen LogP contribution in [0.15, 0.2) is 49.3 Å². The van der Waals surface area contributed by atoms with E-state index in [1.807, 2.05) is 0 Å². The monoisotopic (exact) mass is 259 g/mol. The van der Waals surface area contributed by atoms with Crippen LogP contribution in [0.25, 0.3) is 0 Å². The van der Waals surface area contributed by atoms with Gasteiger partial charge in [0.05, 0.1) is 5.41 Å². The number of ether oxygens (including phenoxy) is 1. The van der Waals surface area contributed by atoms with Crippen molar-refractivity contribution in [1.29, 1.82) is 0 Å². The lowest BCUT2D eigenvalue weighted by molar-refractivity contribution is -0.163. The van der Waals surface area contributed by atoms with Crippen molar-refractivity contribution >= 4 is 11.8 Å². The minimum absolute atomic E-state index is 0.0295. The molecule has 1 N–H and O–H groups in total. The molecule has 0 radical (unpaired) electrons. The van der Waals surface area contributed by atoms with Gasteiger partial charge >= 0.3 is 0 Å². The Bertz CT molecular complexity index is 482. The zero-order valence-corrected chi connectivity index (χ0v) is 10.7. The van der Waals surface area contributed by atoms with Crippen molar-refractivity contribution in [2.75, 3.05) is 6.61 Å². The first kappa shape index (κ1) is 13.3. The molecule has 1 saturated carbocycles. The van der Waals surface area contributed by atoms with E-state index >= 15 is 0 Å². The number of rotatable bonds is 6. The third-order valence-electron chi connectivity index (χ3n) is 3.59. The third kappa shape index (κ3) is 2.52. The topological polar surface area (TPSA) is 55.4 Å². The Morgan fingerprint density at radius 1 is 1.37 bits per heavy atom. The van der Waals surface area contributed by atoms with E-state index < -0.39 is 5.41 Å². The first-order chi connectivity index (χ1) is 9.11. The van der Waals surface area contributed by atoms with E-state index in [1.54, 1.807) is 30.4 Å². The van der Waals surface area contributed by atoms with Gasteiger partial charge in [-0.2, -0.15) is 0 Å². The molecule has 3 fully saturated rings. The molecule has 0 aromatic rings. The van der Waals surface area contributed by atoms with E-state index in [2.05, 4.69) is 18.5 Å². The van der Waals surface area contributed by atoms with Crippen molar-refractivity contribution in [2.45, 2.75) is 12.8 Å². The predicted molar refractivity (Wildman–Crippen MR) is 71.9 cm³/mol. The molecule has 4 nitrogen and oxygen atoms in total. The van der Waals surface area contributed by atoms with Crippen molar-refractivity contribution in [3.05, 3.63) is 49.3 Å². The molecule has 0 spiro atoms. The summed E-state index contributed by atoms with van der Waals surface area (Å²) in [5.41, 5.74) is -0.539. The molecule has 100 valence electrons. The fraction of sp³-hybridized carbons (Fsp3) is 0.333. The molecule has 2 heterocycles. The van der Waals surface area contributed by atoms with Crippen molar-refractivity contribution < 1.29 is 14.3 Å². The first-order valence-corrected chi connectivity index (χ1v) is 6.21. The number of carbonyl (C=O) groups excluding carboxylic acids is 2. The van der Waals surface area contributed by atoms with Gasteiger partial charge in [0, 0.05) is 5.92 Å². The lowest BCUT2D eigenvalue weighted by atomic mass is 9.59.